The Morgan fingerprint density at radius 1 is 0.962 bits per heavy atom. The van der Waals surface area contributed by atoms with E-state index in [1.165, 1.54) is 0 Å². The first-order valence-corrected chi connectivity index (χ1v) is 9.94. The molecule has 0 saturated carbocycles. The molecule has 26 heavy (non-hydrogen) atoms. The van der Waals surface area contributed by atoms with Gasteiger partial charge in [0.25, 0.3) is 0 Å². The van der Waals surface area contributed by atoms with Crippen molar-refractivity contribution in [3.8, 4) is 5.75 Å². The van der Waals surface area contributed by atoms with Crippen LogP contribution in [0.1, 0.15) is 22.3 Å². The zero-order valence-electron chi connectivity index (χ0n) is 15.5. The number of hydrogen-bond acceptors (Lipinski definition) is 3. The first-order chi connectivity index (χ1) is 12.3. The zero-order chi connectivity index (χ0) is 18.9. The van der Waals surface area contributed by atoms with Crippen LogP contribution in [0.25, 0.3) is 10.8 Å². The summed E-state index contributed by atoms with van der Waals surface area (Å²) in [7, 11) is -2.05. The fourth-order valence-corrected chi connectivity index (χ4v) is 4.87. The van der Waals surface area contributed by atoms with Gasteiger partial charge in [0.2, 0.25) is 10.0 Å². The maximum atomic E-state index is 13.0. The van der Waals surface area contributed by atoms with E-state index in [-0.39, 0.29) is 6.54 Å². The lowest BCUT2D eigenvalue weighted by molar-refractivity contribution is 0.410. The summed E-state index contributed by atoms with van der Waals surface area (Å²) in [5.74, 6) is 0.702. The second-order valence-electron chi connectivity index (χ2n) is 6.44. The first kappa shape index (κ1) is 18.4. The molecule has 0 radical (unpaired) electrons. The summed E-state index contributed by atoms with van der Waals surface area (Å²) in [6, 6.07) is 15.7. The highest BCUT2D eigenvalue weighted by molar-refractivity contribution is 7.89. The lowest BCUT2D eigenvalue weighted by Gasteiger charge is -2.17. The van der Waals surface area contributed by atoms with E-state index < -0.39 is 10.0 Å². The molecule has 3 aromatic carbocycles. The van der Waals surface area contributed by atoms with Crippen molar-refractivity contribution in [2.24, 2.45) is 0 Å². The van der Waals surface area contributed by atoms with Crippen molar-refractivity contribution >= 4 is 20.8 Å². The van der Waals surface area contributed by atoms with Gasteiger partial charge in [-0.15, -0.1) is 0 Å². The fourth-order valence-electron chi connectivity index (χ4n) is 3.34. The zero-order valence-corrected chi connectivity index (χ0v) is 16.3. The van der Waals surface area contributed by atoms with Gasteiger partial charge in [-0.25, -0.2) is 13.1 Å². The Kier molecular flexibility index (Phi) is 5.03. The predicted octanol–water partition coefficient (Wildman–Crippen LogP) is 4.25. The third-order valence-corrected chi connectivity index (χ3v) is 6.49. The van der Waals surface area contributed by atoms with Crippen molar-refractivity contribution < 1.29 is 13.2 Å². The van der Waals surface area contributed by atoms with Crippen LogP contribution in [0.15, 0.2) is 53.4 Å². The topological polar surface area (TPSA) is 55.4 Å². The van der Waals surface area contributed by atoms with Crippen LogP contribution < -0.4 is 9.46 Å². The van der Waals surface area contributed by atoms with Gasteiger partial charge in [-0.1, -0.05) is 42.5 Å². The summed E-state index contributed by atoms with van der Waals surface area (Å²) in [6.45, 7) is 5.73. The van der Waals surface area contributed by atoms with Crippen molar-refractivity contribution in [3.63, 3.8) is 0 Å². The lowest BCUT2D eigenvalue weighted by Crippen LogP contribution is -2.25. The molecule has 0 unspecified atom stereocenters. The maximum absolute atomic E-state index is 13.0. The number of nitrogens with one attached hydrogen (secondary N) is 1. The van der Waals surface area contributed by atoms with E-state index in [2.05, 4.69) is 4.72 Å². The van der Waals surface area contributed by atoms with Gasteiger partial charge in [-0.05, 0) is 59.9 Å². The normalized spacial score (nSPS) is 11.7. The van der Waals surface area contributed by atoms with Crippen LogP contribution in [0.5, 0.6) is 5.75 Å². The molecule has 0 saturated heterocycles. The molecule has 0 aromatic heterocycles. The summed E-state index contributed by atoms with van der Waals surface area (Å²) < 4.78 is 34.1. The fraction of sp³-hybridized carbons (Fsp3) is 0.238. The molecule has 0 aliphatic carbocycles. The number of sulfonamides is 1. The average Bonchev–Trinajstić information content (AvgIpc) is 2.62. The van der Waals surface area contributed by atoms with Gasteiger partial charge in [0, 0.05) is 6.54 Å². The van der Waals surface area contributed by atoms with Gasteiger partial charge < -0.3 is 4.74 Å². The van der Waals surface area contributed by atoms with Crippen LogP contribution in [0.3, 0.4) is 0 Å². The molecule has 4 nitrogen and oxygen atoms in total. The van der Waals surface area contributed by atoms with E-state index in [9.17, 15) is 8.42 Å². The van der Waals surface area contributed by atoms with Crippen LogP contribution in [0.2, 0.25) is 0 Å². The molecule has 3 aromatic rings. The minimum Gasteiger partial charge on any atom is -0.496 e. The molecular formula is C21H23NO3S. The SMILES string of the molecule is COc1cc(C)c(S(=O)(=O)NCc2cccc3ccccc23)c(C)c1C. The number of benzene rings is 3. The van der Waals surface area contributed by atoms with Gasteiger partial charge in [-0.3, -0.25) is 0 Å². The molecule has 0 bridgehead atoms. The predicted molar refractivity (Wildman–Crippen MR) is 105 cm³/mol. The Morgan fingerprint density at radius 2 is 1.65 bits per heavy atom. The van der Waals surface area contributed by atoms with Crippen LogP contribution in [-0.2, 0) is 16.6 Å². The Hall–Kier alpha value is -2.37. The van der Waals surface area contributed by atoms with Gasteiger partial charge >= 0.3 is 0 Å². The summed E-state index contributed by atoms with van der Waals surface area (Å²) in [4.78, 5) is 0.330. The van der Waals surface area contributed by atoms with Crippen LogP contribution >= 0.6 is 0 Å². The summed E-state index contributed by atoms with van der Waals surface area (Å²) in [6.07, 6.45) is 0. The molecular weight excluding hydrogens is 346 g/mol. The standard InChI is InChI=1S/C21H23NO3S/c1-14-12-20(25-4)15(2)16(3)21(14)26(23,24)22-13-18-10-7-9-17-8-5-6-11-19(17)18/h5-12,22H,13H2,1-4H3. The number of hydrogen-bond donors (Lipinski definition) is 1. The van der Waals surface area contributed by atoms with Crippen molar-refractivity contribution in [2.45, 2.75) is 32.2 Å². The number of aryl methyl sites for hydroxylation is 1. The lowest BCUT2D eigenvalue weighted by atomic mass is 10.1. The quantitative estimate of drug-likeness (QED) is 0.731. The summed E-state index contributed by atoms with van der Waals surface area (Å²) >= 11 is 0. The summed E-state index contributed by atoms with van der Waals surface area (Å²) in [5.41, 5.74) is 3.18. The molecule has 3 rings (SSSR count). The van der Waals surface area contributed by atoms with Crippen molar-refractivity contribution in [1.29, 1.82) is 0 Å². The second kappa shape index (κ2) is 7.09. The molecule has 5 heteroatoms. The van der Waals surface area contributed by atoms with Gasteiger partial charge in [0.1, 0.15) is 5.75 Å². The molecule has 0 spiro atoms. The molecule has 0 atom stereocenters. The Morgan fingerprint density at radius 3 is 2.38 bits per heavy atom. The van der Waals surface area contributed by atoms with Crippen molar-refractivity contribution in [1.82, 2.24) is 4.72 Å². The Balaban J connectivity index is 1.96. The Bertz CT molecular complexity index is 1070. The van der Waals surface area contributed by atoms with Crippen LogP contribution in [0.4, 0.5) is 0 Å². The van der Waals surface area contributed by atoms with Crippen molar-refractivity contribution in [3.05, 3.63) is 70.8 Å². The number of methoxy groups -OCH3 is 1. The average molecular weight is 369 g/mol. The maximum Gasteiger partial charge on any atom is 0.241 e. The second-order valence-corrected chi connectivity index (χ2v) is 8.14. The highest BCUT2D eigenvalue weighted by atomic mass is 32.2. The summed E-state index contributed by atoms with van der Waals surface area (Å²) in [5, 5.41) is 2.15. The smallest absolute Gasteiger partial charge is 0.241 e. The van der Waals surface area contributed by atoms with Crippen molar-refractivity contribution in [2.75, 3.05) is 7.11 Å². The molecule has 0 amide bonds. The van der Waals surface area contributed by atoms with Gasteiger partial charge in [0.15, 0.2) is 0 Å². The highest BCUT2D eigenvalue weighted by Gasteiger charge is 2.22. The van der Waals surface area contributed by atoms with Gasteiger partial charge in [-0.2, -0.15) is 0 Å². The van der Waals surface area contributed by atoms with E-state index >= 15 is 0 Å². The largest absolute Gasteiger partial charge is 0.496 e. The van der Waals surface area contributed by atoms with E-state index in [1.54, 1.807) is 20.1 Å². The molecule has 0 aliphatic rings. The highest BCUT2D eigenvalue weighted by Crippen LogP contribution is 2.30. The monoisotopic (exact) mass is 369 g/mol. The number of rotatable bonds is 5. The third kappa shape index (κ3) is 3.32. The van der Waals surface area contributed by atoms with E-state index in [0.29, 0.717) is 21.8 Å². The van der Waals surface area contributed by atoms with Crippen LogP contribution in [0, 0.1) is 20.8 Å². The number of ether oxygens (including phenoxy) is 1. The minimum atomic E-state index is -3.64. The molecule has 0 heterocycles. The molecule has 1 N–H and O–H groups in total. The first-order valence-electron chi connectivity index (χ1n) is 8.46. The number of fused-ring (bicyclic) bond motifs is 1. The molecule has 0 fully saturated rings. The molecule has 0 aliphatic heterocycles. The Labute approximate surface area is 154 Å². The molecule has 136 valence electrons. The van der Waals surface area contributed by atoms with E-state index in [4.69, 9.17) is 4.74 Å². The van der Waals surface area contributed by atoms with E-state index in [1.807, 2.05) is 56.3 Å². The third-order valence-electron chi connectivity index (χ3n) is 4.80. The van der Waals surface area contributed by atoms with Crippen LogP contribution in [-0.4, -0.2) is 15.5 Å². The van der Waals surface area contributed by atoms with E-state index in [0.717, 1.165) is 21.9 Å². The minimum absolute atomic E-state index is 0.244. The van der Waals surface area contributed by atoms with Gasteiger partial charge in [0.05, 0.1) is 12.0 Å².